The summed E-state index contributed by atoms with van der Waals surface area (Å²) >= 11 is 12.3. The second kappa shape index (κ2) is 8.43. The third-order valence-corrected chi connectivity index (χ3v) is 5.63. The van der Waals surface area contributed by atoms with E-state index in [1.165, 1.54) is 23.6 Å². The summed E-state index contributed by atoms with van der Waals surface area (Å²) in [5.74, 6) is 0.227. The Bertz CT molecular complexity index is 807. The van der Waals surface area contributed by atoms with E-state index in [1.807, 2.05) is 18.2 Å². The molecule has 0 bridgehead atoms. The van der Waals surface area contributed by atoms with E-state index in [0.717, 1.165) is 31.5 Å². The lowest BCUT2D eigenvalue weighted by atomic mass is 9.76. The lowest BCUT2D eigenvalue weighted by molar-refractivity contribution is -0.114. The van der Waals surface area contributed by atoms with Gasteiger partial charge < -0.3 is 10.6 Å². The van der Waals surface area contributed by atoms with Gasteiger partial charge in [-0.2, -0.15) is 0 Å². The zero-order chi connectivity index (χ0) is 18.7. The zero-order valence-electron chi connectivity index (χ0n) is 15.1. The molecule has 0 aromatic heterocycles. The number of amides is 1. The molecular formula is C21H24Cl2N2O. The molecule has 1 aliphatic carbocycles. The number of fused-ring (bicyclic) bond motifs is 1. The molecule has 3 rings (SSSR count). The summed E-state index contributed by atoms with van der Waals surface area (Å²) in [6.07, 6.45) is 3.18. The van der Waals surface area contributed by atoms with Gasteiger partial charge in [0.25, 0.3) is 0 Å². The highest BCUT2D eigenvalue weighted by Gasteiger charge is 2.28. The molecule has 0 fully saturated rings. The molecule has 5 heteroatoms. The fraction of sp³-hybridized carbons (Fsp3) is 0.381. The Hall–Kier alpha value is -1.55. The number of halogens is 2. The normalized spacial score (nSPS) is 19.1. The van der Waals surface area contributed by atoms with Gasteiger partial charge in [0.15, 0.2) is 0 Å². The summed E-state index contributed by atoms with van der Waals surface area (Å²) in [5.41, 5.74) is 4.57. The van der Waals surface area contributed by atoms with Gasteiger partial charge in [0.1, 0.15) is 0 Å². The molecular weight excluding hydrogens is 367 g/mol. The number of carbonyl (C=O) groups is 1. The van der Waals surface area contributed by atoms with Crippen LogP contribution in [0, 0.1) is 0 Å². The van der Waals surface area contributed by atoms with Crippen molar-refractivity contribution in [3.8, 4) is 0 Å². The van der Waals surface area contributed by atoms with Gasteiger partial charge >= 0.3 is 0 Å². The number of nitrogens with one attached hydrogen (secondary N) is 2. The molecule has 0 unspecified atom stereocenters. The van der Waals surface area contributed by atoms with Crippen LogP contribution in [0.2, 0.25) is 10.0 Å². The van der Waals surface area contributed by atoms with Gasteiger partial charge in [-0.3, -0.25) is 4.79 Å². The van der Waals surface area contributed by atoms with E-state index >= 15 is 0 Å². The van der Waals surface area contributed by atoms with Crippen molar-refractivity contribution >= 4 is 34.8 Å². The standard InChI is InChI=1S/C21H24Cl2N2O/c1-3-10-24-21-9-7-16(14-4-8-19(22)20(23)11-14)17-6-5-15(12-18(17)21)25-13(2)26/h4-6,8,11-12,16,21,24H,3,7,9-10H2,1-2H3,(H,25,26)/t16-,21-/m0/s1. The third kappa shape index (κ3) is 4.22. The zero-order valence-corrected chi connectivity index (χ0v) is 16.6. The first-order chi connectivity index (χ1) is 12.5. The van der Waals surface area contributed by atoms with Crippen LogP contribution in [0.5, 0.6) is 0 Å². The number of benzene rings is 2. The molecule has 1 aliphatic rings. The van der Waals surface area contributed by atoms with E-state index in [9.17, 15) is 4.79 Å². The van der Waals surface area contributed by atoms with E-state index in [2.05, 4.69) is 35.8 Å². The Morgan fingerprint density at radius 3 is 2.58 bits per heavy atom. The molecule has 2 N–H and O–H groups in total. The Balaban J connectivity index is 2.00. The molecule has 0 radical (unpaired) electrons. The number of hydrogen-bond acceptors (Lipinski definition) is 2. The average molecular weight is 391 g/mol. The quantitative estimate of drug-likeness (QED) is 0.665. The van der Waals surface area contributed by atoms with Crippen LogP contribution < -0.4 is 10.6 Å². The first kappa shape index (κ1) is 19.2. The summed E-state index contributed by atoms with van der Waals surface area (Å²) < 4.78 is 0. The highest BCUT2D eigenvalue weighted by molar-refractivity contribution is 6.42. The van der Waals surface area contributed by atoms with E-state index in [1.54, 1.807) is 0 Å². The largest absolute Gasteiger partial charge is 0.326 e. The minimum absolute atomic E-state index is 0.0557. The van der Waals surface area contributed by atoms with E-state index in [4.69, 9.17) is 23.2 Å². The maximum atomic E-state index is 11.4. The molecule has 3 nitrogen and oxygen atoms in total. The second-order valence-electron chi connectivity index (χ2n) is 6.84. The van der Waals surface area contributed by atoms with Gasteiger partial charge in [0.2, 0.25) is 5.91 Å². The van der Waals surface area contributed by atoms with Crippen LogP contribution in [-0.2, 0) is 4.79 Å². The predicted molar refractivity (Wildman–Crippen MR) is 109 cm³/mol. The maximum Gasteiger partial charge on any atom is 0.221 e. The van der Waals surface area contributed by atoms with Crippen LogP contribution in [0.15, 0.2) is 36.4 Å². The molecule has 138 valence electrons. The first-order valence-corrected chi connectivity index (χ1v) is 9.85. The van der Waals surface area contributed by atoms with Gasteiger partial charge in [-0.05, 0) is 66.8 Å². The minimum atomic E-state index is -0.0557. The van der Waals surface area contributed by atoms with E-state index < -0.39 is 0 Å². The predicted octanol–water partition coefficient (Wildman–Crippen LogP) is 5.92. The Morgan fingerprint density at radius 1 is 1.08 bits per heavy atom. The molecule has 0 saturated carbocycles. The average Bonchev–Trinajstić information content (AvgIpc) is 2.61. The summed E-state index contributed by atoms with van der Waals surface area (Å²) in [6, 6.07) is 12.4. The van der Waals surface area contributed by atoms with Crippen molar-refractivity contribution in [2.24, 2.45) is 0 Å². The van der Waals surface area contributed by atoms with Crippen molar-refractivity contribution in [1.82, 2.24) is 5.32 Å². The van der Waals surface area contributed by atoms with E-state index in [-0.39, 0.29) is 11.8 Å². The molecule has 0 spiro atoms. The fourth-order valence-electron chi connectivity index (χ4n) is 3.73. The van der Waals surface area contributed by atoms with Crippen LogP contribution in [0.1, 0.15) is 61.8 Å². The summed E-state index contributed by atoms with van der Waals surface area (Å²) in [5, 5.41) is 7.71. The SMILES string of the molecule is CCCN[C@H]1CC[C@@H](c2ccc(Cl)c(Cl)c2)c2ccc(NC(C)=O)cc21. The highest BCUT2D eigenvalue weighted by atomic mass is 35.5. The minimum Gasteiger partial charge on any atom is -0.326 e. The van der Waals surface area contributed by atoms with Crippen LogP contribution in [-0.4, -0.2) is 12.5 Å². The van der Waals surface area contributed by atoms with Gasteiger partial charge in [-0.1, -0.05) is 42.3 Å². The molecule has 26 heavy (non-hydrogen) atoms. The molecule has 2 aromatic rings. The fourth-order valence-corrected chi connectivity index (χ4v) is 4.03. The van der Waals surface area contributed by atoms with Crippen LogP contribution >= 0.6 is 23.2 Å². The lowest BCUT2D eigenvalue weighted by Gasteiger charge is -2.33. The molecule has 2 aromatic carbocycles. The van der Waals surface area contributed by atoms with Crippen molar-refractivity contribution in [3.05, 3.63) is 63.1 Å². The monoisotopic (exact) mass is 390 g/mol. The van der Waals surface area contributed by atoms with Crippen molar-refractivity contribution < 1.29 is 4.79 Å². The summed E-state index contributed by atoms with van der Waals surface area (Å²) in [7, 11) is 0. The smallest absolute Gasteiger partial charge is 0.221 e. The van der Waals surface area contributed by atoms with Gasteiger partial charge in [0.05, 0.1) is 10.0 Å². The van der Waals surface area contributed by atoms with Crippen molar-refractivity contribution in [3.63, 3.8) is 0 Å². The number of anilines is 1. The molecule has 0 saturated heterocycles. The Kier molecular flexibility index (Phi) is 6.23. The number of hydrogen-bond donors (Lipinski definition) is 2. The lowest BCUT2D eigenvalue weighted by Crippen LogP contribution is -2.28. The van der Waals surface area contributed by atoms with E-state index in [0.29, 0.717) is 16.1 Å². The molecule has 0 heterocycles. The van der Waals surface area contributed by atoms with Gasteiger partial charge in [-0.15, -0.1) is 0 Å². The van der Waals surface area contributed by atoms with Crippen LogP contribution in [0.4, 0.5) is 5.69 Å². The highest BCUT2D eigenvalue weighted by Crippen LogP contribution is 2.43. The van der Waals surface area contributed by atoms with Crippen LogP contribution in [0.3, 0.4) is 0 Å². The van der Waals surface area contributed by atoms with Gasteiger partial charge in [0, 0.05) is 24.6 Å². The molecule has 0 aliphatic heterocycles. The Labute approximate surface area is 165 Å². The molecule has 1 amide bonds. The van der Waals surface area contributed by atoms with Crippen molar-refractivity contribution in [2.75, 3.05) is 11.9 Å². The number of carbonyl (C=O) groups excluding carboxylic acids is 1. The third-order valence-electron chi connectivity index (χ3n) is 4.89. The Morgan fingerprint density at radius 2 is 1.88 bits per heavy atom. The second-order valence-corrected chi connectivity index (χ2v) is 7.65. The topological polar surface area (TPSA) is 41.1 Å². The van der Waals surface area contributed by atoms with Crippen LogP contribution in [0.25, 0.3) is 0 Å². The van der Waals surface area contributed by atoms with Gasteiger partial charge in [-0.25, -0.2) is 0 Å². The number of rotatable bonds is 5. The summed E-state index contributed by atoms with van der Waals surface area (Å²) in [4.78, 5) is 11.4. The van der Waals surface area contributed by atoms with Crippen molar-refractivity contribution in [1.29, 1.82) is 0 Å². The maximum absolute atomic E-state index is 11.4. The molecule has 2 atom stereocenters. The first-order valence-electron chi connectivity index (χ1n) is 9.09. The summed E-state index contributed by atoms with van der Waals surface area (Å²) in [6.45, 7) is 4.68. The van der Waals surface area contributed by atoms with Crippen molar-refractivity contribution in [2.45, 2.75) is 45.1 Å².